The van der Waals surface area contributed by atoms with Gasteiger partial charge < -0.3 is 15.1 Å². The van der Waals surface area contributed by atoms with E-state index in [0.29, 0.717) is 24.2 Å². The van der Waals surface area contributed by atoms with Gasteiger partial charge in [0.05, 0.1) is 5.69 Å². The van der Waals surface area contributed by atoms with Gasteiger partial charge in [-0.15, -0.1) is 0 Å². The van der Waals surface area contributed by atoms with Crippen LogP contribution in [0.5, 0.6) is 11.5 Å². The van der Waals surface area contributed by atoms with Crippen LogP contribution in [0, 0.1) is 6.92 Å². The van der Waals surface area contributed by atoms with Crippen LogP contribution in [0.2, 0.25) is 0 Å². The fraction of sp³-hybridized carbons (Fsp3) is 0.235. The number of phenolic OH excluding ortho intramolecular Hbond substituents is 2. The summed E-state index contributed by atoms with van der Waals surface area (Å²) < 4.78 is 0. The third-order valence-corrected chi connectivity index (χ3v) is 3.95. The predicted molar refractivity (Wildman–Crippen MR) is 81.5 cm³/mol. The lowest BCUT2D eigenvalue weighted by molar-refractivity contribution is -0.117. The number of para-hydroxylation sites is 1. The molecule has 4 heteroatoms. The molecule has 108 valence electrons. The molecule has 2 aromatic carbocycles. The highest BCUT2D eigenvalue weighted by Gasteiger charge is 2.26. The van der Waals surface area contributed by atoms with Crippen molar-refractivity contribution >= 4 is 11.6 Å². The van der Waals surface area contributed by atoms with E-state index in [1.54, 1.807) is 29.2 Å². The molecule has 1 aliphatic rings. The Bertz CT molecular complexity index is 709. The van der Waals surface area contributed by atoms with Gasteiger partial charge in [0.25, 0.3) is 0 Å². The Hall–Kier alpha value is -2.49. The molecule has 3 rings (SSSR count). The van der Waals surface area contributed by atoms with Gasteiger partial charge in [0.1, 0.15) is 11.5 Å². The molecule has 2 N–H and O–H groups in total. The van der Waals surface area contributed by atoms with Crippen LogP contribution >= 0.6 is 0 Å². The van der Waals surface area contributed by atoms with Crippen molar-refractivity contribution in [2.45, 2.75) is 19.8 Å². The van der Waals surface area contributed by atoms with Gasteiger partial charge in [-0.3, -0.25) is 4.79 Å². The first kappa shape index (κ1) is 13.5. The number of anilines is 1. The first-order valence-corrected chi connectivity index (χ1v) is 7.01. The van der Waals surface area contributed by atoms with E-state index in [0.717, 1.165) is 17.5 Å². The molecule has 0 spiro atoms. The lowest BCUT2D eigenvalue weighted by atomic mass is 9.97. The zero-order valence-corrected chi connectivity index (χ0v) is 11.8. The van der Waals surface area contributed by atoms with Crippen molar-refractivity contribution in [2.75, 3.05) is 11.4 Å². The van der Waals surface area contributed by atoms with Crippen molar-refractivity contribution in [3.8, 4) is 22.6 Å². The molecule has 0 unspecified atom stereocenters. The number of carbonyl (C=O) groups is 1. The summed E-state index contributed by atoms with van der Waals surface area (Å²) in [5.74, 6) is 0.315. The maximum Gasteiger partial charge on any atom is 0.227 e. The van der Waals surface area contributed by atoms with E-state index in [2.05, 4.69) is 0 Å². The number of benzene rings is 2. The molecule has 4 nitrogen and oxygen atoms in total. The van der Waals surface area contributed by atoms with Crippen molar-refractivity contribution in [2.24, 2.45) is 0 Å². The zero-order valence-electron chi connectivity index (χ0n) is 11.8. The number of amides is 1. The molecule has 0 aromatic heterocycles. The van der Waals surface area contributed by atoms with Crippen LogP contribution in [0.15, 0.2) is 36.4 Å². The van der Waals surface area contributed by atoms with Crippen LogP contribution in [0.3, 0.4) is 0 Å². The minimum absolute atomic E-state index is 0.0304. The Morgan fingerprint density at radius 1 is 1.00 bits per heavy atom. The van der Waals surface area contributed by atoms with Crippen LogP contribution in [-0.2, 0) is 4.79 Å². The zero-order chi connectivity index (χ0) is 15.0. The quantitative estimate of drug-likeness (QED) is 0.889. The highest BCUT2D eigenvalue weighted by Crippen LogP contribution is 2.41. The van der Waals surface area contributed by atoms with Gasteiger partial charge >= 0.3 is 0 Å². The first-order chi connectivity index (χ1) is 10.1. The Morgan fingerprint density at radius 3 is 2.43 bits per heavy atom. The number of nitrogens with zero attached hydrogens (tertiary/aromatic N) is 1. The number of hydrogen-bond donors (Lipinski definition) is 2. The van der Waals surface area contributed by atoms with Gasteiger partial charge in [-0.1, -0.05) is 24.3 Å². The van der Waals surface area contributed by atoms with Crippen molar-refractivity contribution in [3.05, 3.63) is 42.0 Å². The van der Waals surface area contributed by atoms with Crippen LogP contribution in [0.25, 0.3) is 11.1 Å². The second-order valence-corrected chi connectivity index (χ2v) is 5.27. The van der Waals surface area contributed by atoms with E-state index in [4.69, 9.17) is 0 Å². The lowest BCUT2D eigenvalue weighted by Gasteiger charge is -2.22. The van der Waals surface area contributed by atoms with E-state index >= 15 is 0 Å². The van der Waals surface area contributed by atoms with E-state index in [1.165, 1.54) is 0 Å². The Labute approximate surface area is 123 Å². The van der Waals surface area contributed by atoms with Gasteiger partial charge in [-0.25, -0.2) is 0 Å². The molecule has 0 aliphatic carbocycles. The monoisotopic (exact) mass is 283 g/mol. The van der Waals surface area contributed by atoms with Gasteiger partial charge in [0.2, 0.25) is 5.91 Å². The smallest absolute Gasteiger partial charge is 0.227 e. The fourth-order valence-electron chi connectivity index (χ4n) is 2.90. The summed E-state index contributed by atoms with van der Waals surface area (Å²) in [6.07, 6.45) is 1.32. The third-order valence-electron chi connectivity index (χ3n) is 3.95. The van der Waals surface area contributed by atoms with Gasteiger partial charge in [0.15, 0.2) is 0 Å². The summed E-state index contributed by atoms with van der Waals surface area (Å²) in [6, 6.07) is 10.4. The summed E-state index contributed by atoms with van der Waals surface area (Å²) in [6.45, 7) is 2.49. The molecule has 2 aromatic rings. The van der Waals surface area contributed by atoms with Gasteiger partial charge in [0, 0.05) is 18.5 Å². The number of carbonyl (C=O) groups excluding carboxylic acids is 1. The molecule has 1 fully saturated rings. The van der Waals surface area contributed by atoms with Crippen LogP contribution < -0.4 is 4.90 Å². The summed E-state index contributed by atoms with van der Waals surface area (Å²) in [4.78, 5) is 13.6. The summed E-state index contributed by atoms with van der Waals surface area (Å²) in [7, 11) is 0. The standard InChI is InChI=1S/C17H17NO3/c1-11-12(13-5-2-3-6-14(13)19)8-9-15(20)17(11)18-10-4-7-16(18)21/h2-3,5-6,8-9,19-20H,4,7,10H2,1H3. The average molecular weight is 283 g/mol. The highest BCUT2D eigenvalue weighted by molar-refractivity contribution is 5.99. The number of rotatable bonds is 2. The second kappa shape index (κ2) is 5.13. The topological polar surface area (TPSA) is 60.8 Å². The number of phenols is 2. The van der Waals surface area contributed by atoms with Crippen molar-refractivity contribution in [3.63, 3.8) is 0 Å². The maximum atomic E-state index is 12.0. The molecule has 1 saturated heterocycles. The fourth-order valence-corrected chi connectivity index (χ4v) is 2.90. The van der Waals surface area contributed by atoms with Crippen LogP contribution in [0.1, 0.15) is 18.4 Å². The first-order valence-electron chi connectivity index (χ1n) is 7.01. The van der Waals surface area contributed by atoms with Gasteiger partial charge in [-0.05, 0) is 36.6 Å². The normalized spacial score (nSPS) is 14.7. The van der Waals surface area contributed by atoms with Crippen LogP contribution in [0.4, 0.5) is 5.69 Å². The Kier molecular flexibility index (Phi) is 3.29. The predicted octanol–water partition coefficient (Wildman–Crippen LogP) is 3.20. The van der Waals surface area contributed by atoms with Crippen LogP contribution in [-0.4, -0.2) is 22.7 Å². The molecule has 1 aliphatic heterocycles. The molecule has 0 bridgehead atoms. The maximum absolute atomic E-state index is 12.0. The SMILES string of the molecule is Cc1c(-c2ccccc2O)ccc(O)c1N1CCCC1=O. The average Bonchev–Trinajstić information content (AvgIpc) is 2.87. The van der Waals surface area contributed by atoms with Crippen molar-refractivity contribution in [1.82, 2.24) is 0 Å². The van der Waals surface area contributed by atoms with E-state index in [9.17, 15) is 15.0 Å². The molecular weight excluding hydrogens is 266 g/mol. The highest BCUT2D eigenvalue weighted by atomic mass is 16.3. The Morgan fingerprint density at radius 2 is 1.76 bits per heavy atom. The lowest BCUT2D eigenvalue weighted by Crippen LogP contribution is -2.24. The molecule has 1 amide bonds. The molecular formula is C17H17NO3. The minimum atomic E-state index is 0.0304. The molecule has 0 atom stereocenters. The van der Waals surface area contributed by atoms with E-state index in [-0.39, 0.29) is 17.4 Å². The Balaban J connectivity index is 2.17. The largest absolute Gasteiger partial charge is 0.507 e. The second-order valence-electron chi connectivity index (χ2n) is 5.27. The molecule has 0 saturated carbocycles. The summed E-state index contributed by atoms with van der Waals surface area (Å²) in [5, 5.41) is 20.2. The van der Waals surface area contributed by atoms with E-state index in [1.807, 2.05) is 19.1 Å². The van der Waals surface area contributed by atoms with Crippen molar-refractivity contribution < 1.29 is 15.0 Å². The summed E-state index contributed by atoms with van der Waals surface area (Å²) in [5.41, 5.74) is 2.87. The minimum Gasteiger partial charge on any atom is -0.507 e. The van der Waals surface area contributed by atoms with Gasteiger partial charge in [-0.2, -0.15) is 0 Å². The molecule has 21 heavy (non-hydrogen) atoms. The number of aromatic hydroxyl groups is 2. The third kappa shape index (κ3) is 2.23. The number of hydrogen-bond acceptors (Lipinski definition) is 3. The molecule has 0 radical (unpaired) electrons. The molecule has 1 heterocycles. The summed E-state index contributed by atoms with van der Waals surface area (Å²) >= 11 is 0. The van der Waals surface area contributed by atoms with E-state index < -0.39 is 0 Å². The van der Waals surface area contributed by atoms with Crippen molar-refractivity contribution in [1.29, 1.82) is 0 Å².